The fraction of sp³-hybridized carbons (Fsp3) is 0.667. The van der Waals surface area contributed by atoms with Crippen LogP contribution in [0.1, 0.15) is 59.4 Å². The lowest BCUT2D eigenvalue weighted by Crippen LogP contribution is -2.24. The van der Waals surface area contributed by atoms with Gasteiger partial charge in [-0.3, -0.25) is 0 Å². The van der Waals surface area contributed by atoms with Gasteiger partial charge in [0.15, 0.2) is 0 Å². The van der Waals surface area contributed by atoms with E-state index >= 15 is 0 Å². The van der Waals surface area contributed by atoms with E-state index in [2.05, 4.69) is 71.9 Å². The van der Waals surface area contributed by atoms with Gasteiger partial charge in [-0.25, -0.2) is 0 Å². The molecule has 0 saturated carbocycles. The van der Waals surface area contributed by atoms with Gasteiger partial charge in [0.25, 0.3) is 0 Å². The molecule has 0 spiro atoms. The van der Waals surface area contributed by atoms with Crippen LogP contribution >= 0.6 is 0 Å². The van der Waals surface area contributed by atoms with Gasteiger partial charge < -0.3 is 0 Å². The molecular weight excluding hydrogens is 216 g/mol. The summed E-state index contributed by atoms with van der Waals surface area (Å²) in [5.74, 6) is 3.71. The van der Waals surface area contributed by atoms with Crippen LogP contribution in [-0.2, 0) is 0 Å². The molecular formula is C18H30. The normalized spacial score (nSPS) is 15.4. The highest BCUT2D eigenvalue weighted by molar-refractivity contribution is 5.21. The van der Waals surface area contributed by atoms with Crippen LogP contribution in [0.2, 0.25) is 0 Å². The van der Waals surface area contributed by atoms with Crippen molar-refractivity contribution in [3.8, 4) is 0 Å². The van der Waals surface area contributed by atoms with Crippen LogP contribution in [0.3, 0.4) is 0 Å². The Kier molecular flexibility index (Phi) is 5.91. The van der Waals surface area contributed by atoms with Crippen molar-refractivity contribution in [2.45, 2.75) is 53.9 Å². The average Bonchev–Trinajstić information content (AvgIpc) is 2.28. The van der Waals surface area contributed by atoms with E-state index in [1.54, 1.807) is 0 Å². The Hall–Kier alpha value is -0.780. The van der Waals surface area contributed by atoms with Crippen molar-refractivity contribution >= 4 is 0 Å². The van der Waals surface area contributed by atoms with E-state index in [9.17, 15) is 0 Å². The van der Waals surface area contributed by atoms with Crippen LogP contribution in [0.5, 0.6) is 0 Å². The molecule has 0 heteroatoms. The molecule has 0 fully saturated rings. The molecule has 0 saturated heterocycles. The fourth-order valence-corrected chi connectivity index (χ4v) is 3.18. The van der Waals surface area contributed by atoms with Gasteiger partial charge in [0, 0.05) is 0 Å². The van der Waals surface area contributed by atoms with Gasteiger partial charge in [-0.15, -0.1) is 0 Å². The largest absolute Gasteiger partial charge is 0.0628 e. The number of rotatable bonds is 6. The van der Waals surface area contributed by atoms with E-state index in [-0.39, 0.29) is 0 Å². The molecule has 0 aliphatic rings. The Morgan fingerprint density at radius 1 is 0.778 bits per heavy atom. The van der Waals surface area contributed by atoms with E-state index in [1.807, 2.05) is 0 Å². The first-order valence-corrected chi connectivity index (χ1v) is 7.48. The first-order valence-electron chi connectivity index (χ1n) is 7.48. The van der Waals surface area contributed by atoms with Crippen molar-refractivity contribution in [1.82, 2.24) is 0 Å². The lowest BCUT2D eigenvalue weighted by molar-refractivity contribution is 0.227. The van der Waals surface area contributed by atoms with Gasteiger partial charge in [-0.2, -0.15) is 0 Å². The molecule has 0 radical (unpaired) electrons. The molecule has 0 amide bonds. The predicted octanol–water partition coefficient (Wildman–Crippen LogP) is 5.74. The van der Waals surface area contributed by atoms with Gasteiger partial charge in [-0.05, 0) is 41.6 Å². The summed E-state index contributed by atoms with van der Waals surface area (Å²) < 4.78 is 0. The zero-order valence-electron chi connectivity index (χ0n) is 13.0. The molecule has 2 atom stereocenters. The molecule has 0 aromatic heterocycles. The molecule has 0 nitrogen and oxygen atoms in total. The summed E-state index contributed by atoms with van der Waals surface area (Å²) in [7, 11) is 0. The van der Waals surface area contributed by atoms with E-state index in [4.69, 9.17) is 0 Å². The molecule has 2 unspecified atom stereocenters. The Bertz CT molecular complexity index is 321. The van der Waals surface area contributed by atoms with E-state index in [0.717, 1.165) is 17.8 Å². The first-order chi connectivity index (χ1) is 8.43. The molecule has 1 rings (SSSR count). The van der Waals surface area contributed by atoms with Crippen LogP contribution < -0.4 is 0 Å². The van der Waals surface area contributed by atoms with Crippen molar-refractivity contribution in [2.24, 2.45) is 23.7 Å². The standard InChI is InChI=1S/C18H30/c1-13(2)12-17(14(3)4)18(15(5)6)16-10-8-7-9-11-16/h7-11,13-15,17-18H,12H2,1-6H3. The third kappa shape index (κ3) is 4.15. The Morgan fingerprint density at radius 2 is 1.33 bits per heavy atom. The minimum absolute atomic E-state index is 0.689. The lowest BCUT2D eigenvalue weighted by atomic mass is 9.70. The molecule has 0 bridgehead atoms. The summed E-state index contributed by atoms with van der Waals surface area (Å²) in [4.78, 5) is 0. The average molecular weight is 246 g/mol. The maximum atomic E-state index is 2.38. The molecule has 18 heavy (non-hydrogen) atoms. The molecule has 1 aromatic carbocycles. The second kappa shape index (κ2) is 6.97. The quantitative estimate of drug-likeness (QED) is 0.600. The molecule has 102 valence electrons. The van der Waals surface area contributed by atoms with Gasteiger partial charge in [0.05, 0.1) is 0 Å². The van der Waals surface area contributed by atoms with Gasteiger partial charge in [0.2, 0.25) is 0 Å². The van der Waals surface area contributed by atoms with Crippen molar-refractivity contribution in [2.75, 3.05) is 0 Å². The molecule has 0 heterocycles. The molecule has 1 aromatic rings. The van der Waals surface area contributed by atoms with Crippen molar-refractivity contribution in [3.63, 3.8) is 0 Å². The number of hydrogen-bond donors (Lipinski definition) is 0. The Morgan fingerprint density at radius 3 is 1.72 bits per heavy atom. The van der Waals surface area contributed by atoms with Gasteiger partial charge in [0.1, 0.15) is 0 Å². The SMILES string of the molecule is CC(C)CC(C(C)C)C(c1ccccc1)C(C)C. The smallest absolute Gasteiger partial charge is 0.0108 e. The summed E-state index contributed by atoms with van der Waals surface area (Å²) >= 11 is 0. The first kappa shape index (κ1) is 15.3. The van der Waals surface area contributed by atoms with E-state index in [1.165, 1.54) is 12.0 Å². The summed E-state index contributed by atoms with van der Waals surface area (Å²) in [5.41, 5.74) is 1.52. The second-order valence-electron chi connectivity index (χ2n) is 6.72. The minimum atomic E-state index is 0.689. The molecule has 0 N–H and O–H groups in total. The summed E-state index contributed by atoms with van der Waals surface area (Å²) in [6.45, 7) is 14.2. The van der Waals surface area contributed by atoms with E-state index in [0.29, 0.717) is 11.8 Å². The highest BCUT2D eigenvalue weighted by Gasteiger charge is 2.28. The van der Waals surface area contributed by atoms with Crippen LogP contribution in [0, 0.1) is 23.7 Å². The lowest BCUT2D eigenvalue weighted by Gasteiger charge is -2.35. The minimum Gasteiger partial charge on any atom is -0.0628 e. The zero-order valence-corrected chi connectivity index (χ0v) is 13.0. The highest BCUT2D eigenvalue weighted by Crippen LogP contribution is 2.39. The van der Waals surface area contributed by atoms with Crippen molar-refractivity contribution < 1.29 is 0 Å². The zero-order chi connectivity index (χ0) is 13.7. The number of hydrogen-bond acceptors (Lipinski definition) is 0. The van der Waals surface area contributed by atoms with Gasteiger partial charge in [-0.1, -0.05) is 71.9 Å². The van der Waals surface area contributed by atoms with Crippen molar-refractivity contribution in [3.05, 3.63) is 35.9 Å². The molecule has 0 aliphatic carbocycles. The summed E-state index contributed by atoms with van der Waals surface area (Å²) in [6.07, 6.45) is 1.33. The summed E-state index contributed by atoms with van der Waals surface area (Å²) in [6, 6.07) is 11.1. The second-order valence-corrected chi connectivity index (χ2v) is 6.72. The third-order valence-electron chi connectivity index (χ3n) is 3.96. The fourth-order valence-electron chi connectivity index (χ4n) is 3.18. The maximum absolute atomic E-state index is 2.38. The van der Waals surface area contributed by atoms with Crippen LogP contribution in [0.4, 0.5) is 0 Å². The summed E-state index contributed by atoms with van der Waals surface area (Å²) in [5, 5.41) is 0. The van der Waals surface area contributed by atoms with Crippen LogP contribution in [-0.4, -0.2) is 0 Å². The Labute approximate surface area is 114 Å². The Balaban J connectivity index is 3.01. The topological polar surface area (TPSA) is 0 Å². The maximum Gasteiger partial charge on any atom is -0.0108 e. The van der Waals surface area contributed by atoms with E-state index < -0.39 is 0 Å². The third-order valence-corrected chi connectivity index (χ3v) is 3.96. The van der Waals surface area contributed by atoms with Crippen LogP contribution in [0.15, 0.2) is 30.3 Å². The molecule has 0 aliphatic heterocycles. The van der Waals surface area contributed by atoms with Gasteiger partial charge >= 0.3 is 0 Å². The number of benzene rings is 1. The highest BCUT2D eigenvalue weighted by atomic mass is 14.3. The monoisotopic (exact) mass is 246 g/mol. The van der Waals surface area contributed by atoms with Crippen molar-refractivity contribution in [1.29, 1.82) is 0 Å². The van der Waals surface area contributed by atoms with Crippen LogP contribution in [0.25, 0.3) is 0 Å². The predicted molar refractivity (Wildman–Crippen MR) is 81.8 cm³/mol.